The van der Waals surface area contributed by atoms with Crippen LogP contribution < -0.4 is 0 Å². The lowest BCUT2D eigenvalue weighted by Gasteiger charge is -2.41. The lowest BCUT2D eigenvalue weighted by molar-refractivity contribution is -0.132. The molecule has 7 nitrogen and oxygen atoms in total. The summed E-state index contributed by atoms with van der Waals surface area (Å²) in [5.74, 6) is 0.137. The highest BCUT2D eigenvalue weighted by molar-refractivity contribution is 5.78. The van der Waals surface area contributed by atoms with Gasteiger partial charge in [0.05, 0.1) is 18.8 Å². The molecule has 1 fully saturated rings. The van der Waals surface area contributed by atoms with Crippen LogP contribution in [0.1, 0.15) is 25.8 Å². The fraction of sp³-hybridized carbons (Fsp3) is 0.765. The first-order valence-corrected chi connectivity index (χ1v) is 8.75. The van der Waals surface area contributed by atoms with E-state index in [0.29, 0.717) is 25.7 Å². The van der Waals surface area contributed by atoms with Crippen LogP contribution in [0.25, 0.3) is 0 Å². The van der Waals surface area contributed by atoms with Crippen molar-refractivity contribution in [2.75, 3.05) is 39.8 Å². The summed E-state index contributed by atoms with van der Waals surface area (Å²) >= 11 is 0. The first-order valence-electron chi connectivity index (χ1n) is 8.75. The molecule has 1 aromatic heterocycles. The van der Waals surface area contributed by atoms with Crippen molar-refractivity contribution in [2.45, 2.75) is 39.0 Å². The van der Waals surface area contributed by atoms with Crippen LogP contribution in [0, 0.1) is 0 Å². The van der Waals surface area contributed by atoms with Gasteiger partial charge in [-0.15, -0.1) is 0 Å². The molecule has 0 bridgehead atoms. The average Bonchev–Trinajstić information content (AvgIpc) is 2.93. The minimum Gasteiger partial charge on any atom is -0.392 e. The predicted octanol–water partition coefficient (Wildman–Crippen LogP) is 0.156. The molecular weight excluding hydrogens is 306 g/mol. The first kappa shape index (κ1) is 18.9. The number of hydrogen-bond acceptors (Lipinski definition) is 5. The van der Waals surface area contributed by atoms with E-state index in [9.17, 15) is 9.90 Å². The zero-order chi connectivity index (χ0) is 17.7. The molecule has 2 rings (SSSR count). The molecule has 0 saturated carbocycles. The number of aromatic nitrogens is 2. The molecule has 24 heavy (non-hydrogen) atoms. The maximum absolute atomic E-state index is 12.5. The van der Waals surface area contributed by atoms with Crippen LogP contribution in [0.4, 0.5) is 0 Å². The Kier molecular flexibility index (Phi) is 6.77. The second kappa shape index (κ2) is 8.60. The molecule has 2 unspecified atom stereocenters. The Labute approximate surface area is 144 Å². The molecule has 1 aromatic rings. The van der Waals surface area contributed by atoms with Gasteiger partial charge in [0.2, 0.25) is 5.91 Å². The van der Waals surface area contributed by atoms with Gasteiger partial charge < -0.3 is 10.0 Å². The van der Waals surface area contributed by atoms with Gasteiger partial charge in [0.15, 0.2) is 0 Å². The molecule has 7 heteroatoms. The van der Waals surface area contributed by atoms with Crippen LogP contribution >= 0.6 is 0 Å². The maximum Gasteiger partial charge on any atom is 0.236 e. The SMILES string of the molecule is CCC1CN(CC(=O)N(C)Cc2cnn(C)c2)CCN1CC(C)O. The number of aryl methyl sites for hydroxylation is 1. The van der Waals surface area contributed by atoms with Crippen LogP contribution in [0.2, 0.25) is 0 Å². The van der Waals surface area contributed by atoms with E-state index in [-0.39, 0.29) is 12.0 Å². The molecule has 1 N–H and O–H groups in total. The number of amides is 1. The van der Waals surface area contributed by atoms with E-state index in [4.69, 9.17) is 0 Å². The number of likely N-dealkylation sites (N-methyl/N-ethyl adjacent to an activating group) is 1. The van der Waals surface area contributed by atoms with Crippen LogP contribution in [0.15, 0.2) is 12.4 Å². The van der Waals surface area contributed by atoms with Crippen molar-refractivity contribution in [3.63, 3.8) is 0 Å². The molecule has 1 saturated heterocycles. The number of aliphatic hydroxyl groups excluding tert-OH is 1. The predicted molar refractivity (Wildman–Crippen MR) is 93.5 cm³/mol. The van der Waals surface area contributed by atoms with Gasteiger partial charge in [-0.05, 0) is 13.3 Å². The fourth-order valence-electron chi connectivity index (χ4n) is 3.30. The number of carbonyl (C=O) groups excluding carboxylic acids is 1. The highest BCUT2D eigenvalue weighted by atomic mass is 16.3. The standard InChI is InChI=1S/C17H31N5O2/c1-5-16-12-21(6-7-22(16)9-14(2)23)13-17(24)19(3)10-15-8-18-20(4)11-15/h8,11,14,16,23H,5-7,9-10,12-13H2,1-4H3. The van der Waals surface area contributed by atoms with Gasteiger partial charge in [-0.25, -0.2) is 0 Å². The molecule has 1 aliphatic rings. The third kappa shape index (κ3) is 5.29. The van der Waals surface area contributed by atoms with Gasteiger partial charge in [-0.2, -0.15) is 5.10 Å². The third-order valence-corrected chi connectivity index (χ3v) is 4.62. The minimum atomic E-state index is -0.308. The average molecular weight is 337 g/mol. The summed E-state index contributed by atoms with van der Waals surface area (Å²) in [4.78, 5) is 18.8. The Morgan fingerprint density at radius 2 is 2.25 bits per heavy atom. The van der Waals surface area contributed by atoms with Crippen LogP contribution in [-0.4, -0.2) is 87.4 Å². The zero-order valence-electron chi connectivity index (χ0n) is 15.4. The number of carbonyl (C=O) groups is 1. The summed E-state index contributed by atoms with van der Waals surface area (Å²) in [6, 6.07) is 0.407. The van der Waals surface area contributed by atoms with Gasteiger partial charge in [0, 0.05) is 64.6 Å². The second-order valence-corrected chi connectivity index (χ2v) is 6.91. The Morgan fingerprint density at radius 1 is 1.50 bits per heavy atom. The highest BCUT2D eigenvalue weighted by Crippen LogP contribution is 2.14. The van der Waals surface area contributed by atoms with Crippen LogP contribution in [-0.2, 0) is 18.4 Å². The Balaban J connectivity index is 1.83. The van der Waals surface area contributed by atoms with Crippen molar-refractivity contribution >= 4 is 5.91 Å². The molecule has 0 spiro atoms. The smallest absolute Gasteiger partial charge is 0.236 e. The molecular formula is C17H31N5O2. The fourth-order valence-corrected chi connectivity index (χ4v) is 3.30. The van der Waals surface area contributed by atoms with E-state index >= 15 is 0 Å². The minimum absolute atomic E-state index is 0.137. The normalized spacial score (nSPS) is 21.0. The van der Waals surface area contributed by atoms with Gasteiger partial charge >= 0.3 is 0 Å². The highest BCUT2D eigenvalue weighted by Gasteiger charge is 2.27. The van der Waals surface area contributed by atoms with Crippen LogP contribution in [0.3, 0.4) is 0 Å². The zero-order valence-corrected chi connectivity index (χ0v) is 15.4. The Bertz CT molecular complexity index is 531. The maximum atomic E-state index is 12.5. The second-order valence-electron chi connectivity index (χ2n) is 6.91. The lowest BCUT2D eigenvalue weighted by atomic mass is 10.1. The summed E-state index contributed by atoms with van der Waals surface area (Å²) in [5.41, 5.74) is 1.04. The summed E-state index contributed by atoms with van der Waals surface area (Å²) in [5, 5.41) is 13.8. The Hall–Kier alpha value is -1.44. The number of β-amino-alcohol motifs (C(OH)–C–C–N with tert-alkyl or cyclic N) is 1. The number of hydrogen-bond donors (Lipinski definition) is 1. The summed E-state index contributed by atoms with van der Waals surface area (Å²) in [6.45, 7) is 8.41. The third-order valence-electron chi connectivity index (χ3n) is 4.62. The van der Waals surface area contributed by atoms with E-state index in [1.54, 1.807) is 15.8 Å². The number of nitrogens with zero attached hydrogens (tertiary/aromatic N) is 5. The molecule has 1 aliphatic heterocycles. The monoisotopic (exact) mass is 337 g/mol. The molecule has 0 aromatic carbocycles. The number of rotatable bonds is 7. The van der Waals surface area contributed by atoms with Gasteiger partial charge in [0.25, 0.3) is 0 Å². The lowest BCUT2D eigenvalue weighted by Crippen LogP contribution is -2.56. The first-order chi connectivity index (χ1) is 11.4. The van der Waals surface area contributed by atoms with Crippen LogP contribution in [0.5, 0.6) is 0 Å². The van der Waals surface area contributed by atoms with Crippen molar-refractivity contribution in [3.05, 3.63) is 18.0 Å². The van der Waals surface area contributed by atoms with E-state index in [0.717, 1.165) is 31.6 Å². The van der Waals surface area contributed by atoms with E-state index in [2.05, 4.69) is 21.8 Å². The quantitative estimate of drug-likeness (QED) is 0.768. The van der Waals surface area contributed by atoms with Gasteiger partial charge in [-0.1, -0.05) is 6.92 Å². The van der Waals surface area contributed by atoms with E-state index in [1.165, 1.54) is 0 Å². The Morgan fingerprint density at radius 3 is 2.83 bits per heavy atom. The van der Waals surface area contributed by atoms with Crippen molar-refractivity contribution in [2.24, 2.45) is 7.05 Å². The summed E-state index contributed by atoms with van der Waals surface area (Å²) in [7, 11) is 3.72. The molecule has 2 atom stereocenters. The number of aliphatic hydroxyl groups is 1. The number of piperazine rings is 1. The molecule has 2 heterocycles. The van der Waals surface area contributed by atoms with Crippen molar-refractivity contribution < 1.29 is 9.90 Å². The van der Waals surface area contributed by atoms with Crippen molar-refractivity contribution in [1.29, 1.82) is 0 Å². The largest absolute Gasteiger partial charge is 0.392 e. The molecule has 136 valence electrons. The summed E-state index contributed by atoms with van der Waals surface area (Å²) < 4.78 is 1.75. The van der Waals surface area contributed by atoms with Crippen molar-refractivity contribution in [1.82, 2.24) is 24.5 Å². The van der Waals surface area contributed by atoms with E-state index in [1.807, 2.05) is 27.2 Å². The van der Waals surface area contributed by atoms with Gasteiger partial charge in [0.1, 0.15) is 0 Å². The molecule has 0 aliphatic carbocycles. The molecule has 0 radical (unpaired) electrons. The van der Waals surface area contributed by atoms with Crippen molar-refractivity contribution in [3.8, 4) is 0 Å². The topological polar surface area (TPSA) is 64.8 Å². The molecule has 1 amide bonds. The summed E-state index contributed by atoms with van der Waals surface area (Å²) in [6.07, 6.45) is 4.46. The van der Waals surface area contributed by atoms with E-state index < -0.39 is 0 Å². The van der Waals surface area contributed by atoms with Gasteiger partial charge in [-0.3, -0.25) is 19.3 Å².